The van der Waals surface area contributed by atoms with Gasteiger partial charge in [0, 0.05) is 31.2 Å². The molecule has 2 aliphatic heterocycles. The lowest BCUT2D eigenvalue weighted by atomic mass is 9.94. The molecule has 3 atom stereocenters. The maximum atomic E-state index is 5.51. The average molecular weight is 335 g/mol. The molecule has 25 heavy (non-hydrogen) atoms. The number of hydrogen-bond acceptors (Lipinski definition) is 5. The molecule has 0 bridgehead atoms. The summed E-state index contributed by atoms with van der Waals surface area (Å²) in [5.74, 6) is 1.67. The fourth-order valence-corrected chi connectivity index (χ4v) is 4.46. The third kappa shape index (κ3) is 2.48. The molecule has 5 rings (SSSR count). The quantitative estimate of drug-likeness (QED) is 0.736. The first kappa shape index (κ1) is 14.8. The molecule has 0 N–H and O–H groups in total. The van der Waals surface area contributed by atoms with Crippen LogP contribution in [0.4, 0.5) is 0 Å². The standard InChI is InChI=1S/C19H21N5O/c1-23-11-15(20-12-23)19-21-18(22-25-19)14-10-17(13-6-3-2-4-7-13)24-9-5-8-16(14)24/h2-4,6-7,11-12,14,16-17H,5,8-10H2,1H3/t14?,16-,17?/m0/s1. The molecule has 1 aromatic carbocycles. The molecule has 128 valence electrons. The Morgan fingerprint density at radius 2 is 2.08 bits per heavy atom. The highest BCUT2D eigenvalue weighted by Gasteiger charge is 2.46. The zero-order valence-electron chi connectivity index (χ0n) is 14.2. The molecule has 0 aliphatic carbocycles. The summed E-state index contributed by atoms with van der Waals surface area (Å²) >= 11 is 0. The van der Waals surface area contributed by atoms with Gasteiger partial charge in [0.25, 0.3) is 5.89 Å². The van der Waals surface area contributed by atoms with E-state index in [1.807, 2.05) is 17.8 Å². The van der Waals surface area contributed by atoms with Gasteiger partial charge in [-0.15, -0.1) is 0 Å². The SMILES string of the molecule is Cn1cnc(-c2nc(C3CC(c4ccccc4)N4CCC[C@@H]34)no2)c1. The molecule has 2 aromatic heterocycles. The highest BCUT2D eigenvalue weighted by atomic mass is 16.5. The second-order valence-corrected chi connectivity index (χ2v) is 7.10. The summed E-state index contributed by atoms with van der Waals surface area (Å²) in [6, 6.07) is 11.8. The van der Waals surface area contributed by atoms with Crippen molar-refractivity contribution in [3.05, 3.63) is 54.2 Å². The summed E-state index contributed by atoms with van der Waals surface area (Å²) in [5.41, 5.74) is 2.13. The van der Waals surface area contributed by atoms with Crippen LogP contribution in [0, 0.1) is 0 Å². The zero-order valence-corrected chi connectivity index (χ0v) is 14.2. The molecule has 4 heterocycles. The number of fused-ring (bicyclic) bond motifs is 1. The Bertz CT molecular complexity index is 871. The van der Waals surface area contributed by atoms with Crippen molar-refractivity contribution in [3.8, 4) is 11.6 Å². The summed E-state index contributed by atoms with van der Waals surface area (Å²) in [5, 5.41) is 4.31. The van der Waals surface area contributed by atoms with E-state index < -0.39 is 0 Å². The second-order valence-electron chi connectivity index (χ2n) is 7.10. The Kier molecular flexibility index (Phi) is 3.45. The van der Waals surface area contributed by atoms with Gasteiger partial charge in [-0.05, 0) is 31.4 Å². The number of benzene rings is 1. The molecular formula is C19H21N5O. The van der Waals surface area contributed by atoms with Gasteiger partial charge < -0.3 is 9.09 Å². The predicted molar refractivity (Wildman–Crippen MR) is 92.8 cm³/mol. The van der Waals surface area contributed by atoms with Crippen molar-refractivity contribution < 1.29 is 4.52 Å². The van der Waals surface area contributed by atoms with Crippen LogP contribution in [-0.2, 0) is 7.05 Å². The van der Waals surface area contributed by atoms with E-state index in [1.165, 1.54) is 18.4 Å². The smallest absolute Gasteiger partial charge is 0.278 e. The van der Waals surface area contributed by atoms with Gasteiger partial charge in [0.2, 0.25) is 0 Å². The zero-order chi connectivity index (χ0) is 16.8. The molecule has 6 heteroatoms. The lowest BCUT2D eigenvalue weighted by Crippen LogP contribution is -2.27. The number of aromatic nitrogens is 4. The molecule has 2 aliphatic rings. The van der Waals surface area contributed by atoms with E-state index in [9.17, 15) is 0 Å². The van der Waals surface area contributed by atoms with Gasteiger partial charge in [-0.1, -0.05) is 35.5 Å². The third-order valence-corrected chi connectivity index (χ3v) is 5.57. The van der Waals surface area contributed by atoms with Crippen molar-refractivity contribution >= 4 is 0 Å². The summed E-state index contributed by atoms with van der Waals surface area (Å²) in [4.78, 5) is 11.6. The molecule has 2 saturated heterocycles. The minimum atomic E-state index is 0.328. The van der Waals surface area contributed by atoms with Crippen molar-refractivity contribution in [1.29, 1.82) is 0 Å². The van der Waals surface area contributed by atoms with Crippen molar-refractivity contribution in [1.82, 2.24) is 24.6 Å². The molecule has 3 aromatic rings. The fraction of sp³-hybridized carbons (Fsp3) is 0.421. The maximum absolute atomic E-state index is 5.51. The Morgan fingerprint density at radius 1 is 1.20 bits per heavy atom. The molecule has 0 amide bonds. The highest BCUT2D eigenvalue weighted by Crippen LogP contribution is 2.48. The van der Waals surface area contributed by atoms with Crippen LogP contribution in [0.5, 0.6) is 0 Å². The normalized spacial score (nSPS) is 26.2. The number of hydrogen-bond donors (Lipinski definition) is 0. The molecular weight excluding hydrogens is 314 g/mol. The number of nitrogens with zero attached hydrogens (tertiary/aromatic N) is 5. The van der Waals surface area contributed by atoms with E-state index in [1.54, 1.807) is 6.33 Å². The topological polar surface area (TPSA) is 60.0 Å². The van der Waals surface area contributed by atoms with E-state index in [0.717, 1.165) is 24.5 Å². The van der Waals surface area contributed by atoms with E-state index in [-0.39, 0.29) is 0 Å². The average Bonchev–Trinajstić information content (AvgIpc) is 3.39. The predicted octanol–water partition coefficient (Wildman–Crippen LogP) is 3.16. The van der Waals surface area contributed by atoms with Gasteiger partial charge in [-0.25, -0.2) is 4.98 Å². The molecule has 0 saturated carbocycles. The molecule has 0 spiro atoms. The van der Waals surface area contributed by atoms with Crippen LogP contribution in [0.2, 0.25) is 0 Å². The van der Waals surface area contributed by atoms with Crippen LogP contribution in [0.1, 0.15) is 42.6 Å². The number of imidazole rings is 1. The minimum Gasteiger partial charge on any atom is -0.340 e. The fourth-order valence-electron chi connectivity index (χ4n) is 4.46. The van der Waals surface area contributed by atoms with Crippen LogP contribution in [0.3, 0.4) is 0 Å². The first-order chi connectivity index (χ1) is 12.3. The van der Waals surface area contributed by atoms with Gasteiger partial charge in [0.1, 0.15) is 5.69 Å². The van der Waals surface area contributed by atoms with Crippen LogP contribution < -0.4 is 0 Å². The highest BCUT2D eigenvalue weighted by molar-refractivity contribution is 5.44. The van der Waals surface area contributed by atoms with Gasteiger partial charge in [-0.3, -0.25) is 4.90 Å². The van der Waals surface area contributed by atoms with E-state index >= 15 is 0 Å². The molecule has 2 unspecified atom stereocenters. The number of aryl methyl sites for hydroxylation is 1. The maximum Gasteiger partial charge on any atom is 0.278 e. The summed E-state index contributed by atoms with van der Waals surface area (Å²) in [6.07, 6.45) is 7.16. The monoisotopic (exact) mass is 335 g/mol. The van der Waals surface area contributed by atoms with Crippen LogP contribution >= 0.6 is 0 Å². The first-order valence-electron chi connectivity index (χ1n) is 8.92. The Labute approximate surface area is 146 Å². The Morgan fingerprint density at radius 3 is 2.88 bits per heavy atom. The van der Waals surface area contributed by atoms with Crippen molar-refractivity contribution in [2.24, 2.45) is 7.05 Å². The van der Waals surface area contributed by atoms with E-state index in [2.05, 4.69) is 50.4 Å². The molecule has 2 fully saturated rings. The Balaban J connectivity index is 1.45. The minimum absolute atomic E-state index is 0.328. The molecule has 6 nitrogen and oxygen atoms in total. The van der Waals surface area contributed by atoms with E-state index in [4.69, 9.17) is 4.52 Å². The van der Waals surface area contributed by atoms with Crippen LogP contribution in [0.15, 0.2) is 47.4 Å². The van der Waals surface area contributed by atoms with Crippen molar-refractivity contribution in [2.75, 3.05) is 6.54 Å². The second kappa shape index (κ2) is 5.81. The van der Waals surface area contributed by atoms with Crippen LogP contribution in [-0.4, -0.2) is 37.2 Å². The van der Waals surface area contributed by atoms with Gasteiger partial charge in [0.15, 0.2) is 5.82 Å². The summed E-state index contributed by atoms with van der Waals surface area (Å²) in [6.45, 7) is 1.16. The van der Waals surface area contributed by atoms with Crippen LogP contribution in [0.25, 0.3) is 11.6 Å². The third-order valence-electron chi connectivity index (χ3n) is 5.57. The van der Waals surface area contributed by atoms with Gasteiger partial charge in [0.05, 0.1) is 6.33 Å². The van der Waals surface area contributed by atoms with E-state index in [0.29, 0.717) is 23.9 Å². The summed E-state index contributed by atoms with van der Waals surface area (Å²) in [7, 11) is 1.94. The van der Waals surface area contributed by atoms with Gasteiger partial charge in [-0.2, -0.15) is 4.98 Å². The largest absolute Gasteiger partial charge is 0.340 e. The lowest BCUT2D eigenvalue weighted by Gasteiger charge is -2.24. The van der Waals surface area contributed by atoms with Crippen molar-refractivity contribution in [2.45, 2.75) is 37.3 Å². The summed E-state index contributed by atoms with van der Waals surface area (Å²) < 4.78 is 7.40. The number of rotatable bonds is 3. The molecule has 0 radical (unpaired) electrons. The van der Waals surface area contributed by atoms with Gasteiger partial charge >= 0.3 is 0 Å². The lowest BCUT2D eigenvalue weighted by molar-refractivity contribution is 0.243. The first-order valence-corrected chi connectivity index (χ1v) is 8.92. The Hall–Kier alpha value is -2.47. The van der Waals surface area contributed by atoms with Crippen molar-refractivity contribution in [3.63, 3.8) is 0 Å².